The van der Waals surface area contributed by atoms with Crippen molar-refractivity contribution in [1.82, 2.24) is 15.0 Å². The zero-order valence-electron chi connectivity index (χ0n) is 15.2. The van der Waals surface area contributed by atoms with Crippen LogP contribution in [-0.2, 0) is 0 Å². The lowest BCUT2D eigenvalue weighted by atomic mass is 10.2. The lowest BCUT2D eigenvalue weighted by Gasteiger charge is -2.10. The van der Waals surface area contributed by atoms with Gasteiger partial charge in [0.1, 0.15) is 16.7 Å². The van der Waals surface area contributed by atoms with Crippen LogP contribution in [0.15, 0.2) is 39.1 Å². The minimum Gasteiger partial charge on any atom is -0.477 e. The van der Waals surface area contributed by atoms with Crippen LogP contribution in [0.3, 0.4) is 0 Å². The molecule has 2 aromatic rings. The molecule has 0 spiro atoms. The smallest absolute Gasteiger partial charge is 0.218 e. The maximum atomic E-state index is 5.92. The second-order valence-corrected chi connectivity index (χ2v) is 7.94. The molecule has 7 nitrogen and oxygen atoms in total. The van der Waals surface area contributed by atoms with Gasteiger partial charge in [-0.3, -0.25) is 4.98 Å². The third-order valence-corrected chi connectivity index (χ3v) is 5.32. The van der Waals surface area contributed by atoms with E-state index in [1.165, 1.54) is 11.8 Å². The Morgan fingerprint density at radius 2 is 2.30 bits per heavy atom. The molecule has 1 aliphatic rings. The SMILES string of the molecule is C=NN=C(CNc1cc(OCC2CC2c2ccc(Br)cn2)nc(C)n1)SC. The Labute approximate surface area is 171 Å². The topological polar surface area (TPSA) is 84.7 Å². The van der Waals surface area contributed by atoms with E-state index < -0.39 is 0 Å². The summed E-state index contributed by atoms with van der Waals surface area (Å²) in [6.45, 7) is 6.37. The van der Waals surface area contributed by atoms with Crippen LogP contribution in [0.4, 0.5) is 5.82 Å². The van der Waals surface area contributed by atoms with Crippen molar-refractivity contribution in [3.63, 3.8) is 0 Å². The molecular formula is C18H21BrN6OS. The number of aromatic nitrogens is 3. The second-order valence-electron chi connectivity index (χ2n) is 6.15. The molecule has 0 bridgehead atoms. The van der Waals surface area contributed by atoms with Crippen molar-refractivity contribution in [3.8, 4) is 5.88 Å². The largest absolute Gasteiger partial charge is 0.477 e. The molecule has 2 atom stereocenters. The Hall–Kier alpha value is -2.00. The number of hydrogen-bond donors (Lipinski definition) is 1. The number of aryl methyl sites for hydroxylation is 1. The van der Waals surface area contributed by atoms with E-state index >= 15 is 0 Å². The highest BCUT2D eigenvalue weighted by Gasteiger charge is 2.40. The van der Waals surface area contributed by atoms with Gasteiger partial charge in [0, 0.05) is 41.0 Å². The molecule has 27 heavy (non-hydrogen) atoms. The first-order valence-corrected chi connectivity index (χ1v) is 10.5. The van der Waals surface area contributed by atoms with E-state index in [-0.39, 0.29) is 0 Å². The summed E-state index contributed by atoms with van der Waals surface area (Å²) in [5.41, 5.74) is 1.12. The fourth-order valence-electron chi connectivity index (χ4n) is 2.69. The summed E-state index contributed by atoms with van der Waals surface area (Å²) in [6, 6.07) is 5.90. The van der Waals surface area contributed by atoms with E-state index in [2.05, 4.69) is 59.2 Å². The minimum atomic E-state index is 0.463. The van der Waals surface area contributed by atoms with E-state index in [0.717, 1.165) is 21.6 Å². The molecule has 3 rings (SSSR count). The van der Waals surface area contributed by atoms with Crippen LogP contribution in [0.5, 0.6) is 5.88 Å². The Bertz CT molecular complexity index is 829. The lowest BCUT2D eigenvalue weighted by molar-refractivity contribution is 0.284. The van der Waals surface area contributed by atoms with E-state index in [1.54, 1.807) is 0 Å². The van der Waals surface area contributed by atoms with Crippen LogP contribution in [-0.4, -0.2) is 46.1 Å². The highest BCUT2D eigenvalue weighted by atomic mass is 79.9. The number of nitrogens with zero attached hydrogens (tertiary/aromatic N) is 5. The molecule has 1 fully saturated rings. The normalized spacial score (nSPS) is 18.9. The van der Waals surface area contributed by atoms with Crippen molar-refractivity contribution < 1.29 is 4.74 Å². The van der Waals surface area contributed by atoms with Crippen molar-refractivity contribution in [1.29, 1.82) is 0 Å². The Morgan fingerprint density at radius 3 is 3.00 bits per heavy atom. The molecule has 1 saturated carbocycles. The average molecular weight is 449 g/mol. The van der Waals surface area contributed by atoms with Crippen molar-refractivity contribution >= 4 is 45.3 Å². The van der Waals surface area contributed by atoms with Crippen molar-refractivity contribution in [2.24, 2.45) is 16.1 Å². The van der Waals surface area contributed by atoms with Crippen LogP contribution in [0.2, 0.25) is 0 Å². The van der Waals surface area contributed by atoms with Gasteiger partial charge in [-0.25, -0.2) is 4.98 Å². The molecule has 0 amide bonds. The van der Waals surface area contributed by atoms with Gasteiger partial charge in [0.15, 0.2) is 0 Å². The van der Waals surface area contributed by atoms with Gasteiger partial charge in [-0.1, -0.05) is 0 Å². The summed E-state index contributed by atoms with van der Waals surface area (Å²) in [5, 5.41) is 11.6. The van der Waals surface area contributed by atoms with Gasteiger partial charge in [0.05, 0.1) is 13.2 Å². The molecule has 1 N–H and O–H groups in total. The second kappa shape index (κ2) is 9.27. The average Bonchev–Trinajstić information content (AvgIpc) is 3.43. The molecule has 2 aromatic heterocycles. The van der Waals surface area contributed by atoms with Crippen LogP contribution in [0.1, 0.15) is 23.9 Å². The number of nitrogens with one attached hydrogen (secondary N) is 1. The quantitative estimate of drug-likeness (QED) is 0.374. The fraction of sp³-hybridized carbons (Fsp3) is 0.389. The van der Waals surface area contributed by atoms with Gasteiger partial charge in [-0.05, 0) is 47.7 Å². The first-order chi connectivity index (χ1) is 13.1. The standard InChI is InChI=1S/C18H21BrN6OS/c1-11-23-16(22-9-18(27-3)25-20-2)7-17(24-11)26-10-12-6-14(12)15-5-4-13(19)8-21-15/h4-5,7-8,12,14H,2,6,9-10H2,1,3H3,(H,22,23,24). The molecular weight excluding hydrogens is 428 g/mol. The number of ether oxygens (including phenoxy) is 1. The summed E-state index contributed by atoms with van der Waals surface area (Å²) in [4.78, 5) is 13.2. The molecule has 0 radical (unpaired) electrons. The van der Waals surface area contributed by atoms with E-state index in [4.69, 9.17) is 4.74 Å². The predicted molar refractivity (Wildman–Crippen MR) is 114 cm³/mol. The molecule has 0 saturated heterocycles. The molecule has 142 valence electrons. The summed E-state index contributed by atoms with van der Waals surface area (Å²) < 4.78 is 6.91. The number of hydrogen-bond acceptors (Lipinski definition) is 8. The Morgan fingerprint density at radius 1 is 1.44 bits per heavy atom. The Kier molecular flexibility index (Phi) is 6.78. The van der Waals surface area contributed by atoms with Crippen molar-refractivity contribution in [3.05, 3.63) is 40.4 Å². The summed E-state index contributed by atoms with van der Waals surface area (Å²) in [7, 11) is 0. The monoisotopic (exact) mass is 448 g/mol. The number of rotatable bonds is 8. The third-order valence-electron chi connectivity index (χ3n) is 4.15. The molecule has 2 unspecified atom stereocenters. The van der Waals surface area contributed by atoms with E-state index in [0.29, 0.717) is 42.5 Å². The van der Waals surface area contributed by atoms with Gasteiger partial charge in [-0.15, -0.1) is 16.9 Å². The predicted octanol–water partition coefficient (Wildman–Crippen LogP) is 3.91. The van der Waals surface area contributed by atoms with Crippen LogP contribution < -0.4 is 10.1 Å². The van der Waals surface area contributed by atoms with Gasteiger partial charge in [0.25, 0.3) is 0 Å². The van der Waals surface area contributed by atoms with Gasteiger partial charge >= 0.3 is 0 Å². The molecule has 0 aromatic carbocycles. The third kappa shape index (κ3) is 5.74. The van der Waals surface area contributed by atoms with Gasteiger partial charge < -0.3 is 10.1 Å². The maximum Gasteiger partial charge on any atom is 0.218 e. The van der Waals surface area contributed by atoms with E-state index in [1.807, 2.05) is 31.5 Å². The lowest BCUT2D eigenvalue weighted by Crippen LogP contribution is -2.12. The van der Waals surface area contributed by atoms with Crippen LogP contribution in [0, 0.1) is 12.8 Å². The van der Waals surface area contributed by atoms with Gasteiger partial charge in [-0.2, -0.15) is 10.1 Å². The highest BCUT2D eigenvalue weighted by Crippen LogP contribution is 2.46. The van der Waals surface area contributed by atoms with Crippen molar-refractivity contribution in [2.75, 3.05) is 24.7 Å². The summed E-state index contributed by atoms with van der Waals surface area (Å²) in [6.07, 6.45) is 4.87. The first kappa shape index (κ1) is 19.8. The molecule has 1 aliphatic carbocycles. The number of thioether (sulfide) groups is 1. The first-order valence-electron chi connectivity index (χ1n) is 8.49. The van der Waals surface area contributed by atoms with E-state index in [9.17, 15) is 0 Å². The molecule has 9 heteroatoms. The summed E-state index contributed by atoms with van der Waals surface area (Å²) >= 11 is 4.93. The Balaban J connectivity index is 1.55. The molecule has 0 aliphatic heterocycles. The summed E-state index contributed by atoms with van der Waals surface area (Å²) in [5.74, 6) is 2.86. The fourth-order valence-corrected chi connectivity index (χ4v) is 3.28. The number of pyridine rings is 1. The number of anilines is 1. The zero-order chi connectivity index (χ0) is 19.2. The minimum absolute atomic E-state index is 0.463. The van der Waals surface area contributed by atoms with Crippen LogP contribution >= 0.6 is 27.7 Å². The molecule has 2 heterocycles. The number of halogens is 1. The van der Waals surface area contributed by atoms with Crippen molar-refractivity contribution in [2.45, 2.75) is 19.3 Å². The highest BCUT2D eigenvalue weighted by molar-refractivity contribution is 9.10. The zero-order valence-corrected chi connectivity index (χ0v) is 17.6. The van der Waals surface area contributed by atoms with Crippen LogP contribution in [0.25, 0.3) is 0 Å². The van der Waals surface area contributed by atoms with Gasteiger partial charge in [0.2, 0.25) is 5.88 Å². The maximum absolute atomic E-state index is 5.92.